The molecule has 0 bridgehead atoms. The molecule has 69 heavy (non-hydrogen) atoms. The summed E-state index contributed by atoms with van der Waals surface area (Å²) < 4.78 is 7.22. The first-order chi connectivity index (χ1) is 34.2. The van der Waals surface area contributed by atoms with Crippen molar-refractivity contribution in [2.24, 2.45) is 0 Å². The normalized spacial score (nSPS) is 11.8. The van der Waals surface area contributed by atoms with Crippen molar-refractivity contribution in [1.29, 1.82) is 0 Å². The standard InChI is InChI=1S/C62H39N7/c1-3-16-40(17-4-1)60-64-61(41-18-5-2-6-19-41)66-62(65-60)42-29-32-46(43-20-15-35-63-39-43)59(36-42)69-57-33-30-44(67-53-25-11-7-21-47(53)48-22-8-12-26-54(48)67)37-51(57)52-38-45(31-34-58(52)69)68-55-27-13-9-23-49(55)50-24-10-14-28-56(50)68/h1-39H. The summed E-state index contributed by atoms with van der Waals surface area (Å²) in [5, 5.41) is 7.18. The van der Waals surface area contributed by atoms with Crippen LogP contribution in [0.15, 0.2) is 237 Å². The van der Waals surface area contributed by atoms with Crippen molar-refractivity contribution < 1.29 is 0 Å². The first-order valence-corrected chi connectivity index (χ1v) is 23.2. The van der Waals surface area contributed by atoms with Crippen LogP contribution in [0.5, 0.6) is 0 Å². The Bertz CT molecular complexity index is 3970. The molecule has 5 heterocycles. The van der Waals surface area contributed by atoms with E-state index in [2.05, 4.69) is 176 Å². The summed E-state index contributed by atoms with van der Waals surface area (Å²) in [6.07, 6.45) is 3.77. The molecule has 322 valence electrons. The molecule has 0 N–H and O–H groups in total. The van der Waals surface area contributed by atoms with Crippen molar-refractivity contribution in [3.05, 3.63) is 237 Å². The minimum absolute atomic E-state index is 0.588. The zero-order chi connectivity index (χ0) is 45.4. The number of hydrogen-bond acceptors (Lipinski definition) is 4. The fourth-order valence-corrected chi connectivity index (χ4v) is 10.5. The molecular weight excluding hydrogens is 843 g/mol. The molecule has 0 fully saturated rings. The fraction of sp³-hybridized carbons (Fsp3) is 0. The average molecular weight is 882 g/mol. The van der Waals surface area contributed by atoms with Gasteiger partial charge in [-0.3, -0.25) is 4.98 Å². The molecule has 0 aliphatic rings. The third-order valence-corrected chi connectivity index (χ3v) is 13.6. The van der Waals surface area contributed by atoms with Crippen LogP contribution >= 0.6 is 0 Å². The molecule has 0 radical (unpaired) electrons. The quantitative estimate of drug-likeness (QED) is 0.160. The number of pyridine rings is 1. The summed E-state index contributed by atoms with van der Waals surface area (Å²) in [5.41, 5.74) is 14.7. The van der Waals surface area contributed by atoms with E-state index in [1.54, 1.807) is 0 Å². The average Bonchev–Trinajstić information content (AvgIpc) is 4.06. The van der Waals surface area contributed by atoms with E-state index in [1.165, 1.54) is 43.6 Å². The maximum absolute atomic E-state index is 5.18. The van der Waals surface area contributed by atoms with Gasteiger partial charge in [-0.25, -0.2) is 15.0 Å². The van der Waals surface area contributed by atoms with E-state index in [1.807, 2.05) is 79.1 Å². The van der Waals surface area contributed by atoms with Crippen molar-refractivity contribution >= 4 is 65.4 Å². The molecule has 9 aromatic carbocycles. The van der Waals surface area contributed by atoms with Crippen molar-refractivity contribution in [1.82, 2.24) is 33.6 Å². The zero-order valence-electron chi connectivity index (χ0n) is 37.1. The number of fused-ring (bicyclic) bond motifs is 9. The van der Waals surface area contributed by atoms with Gasteiger partial charge in [0.2, 0.25) is 0 Å². The number of para-hydroxylation sites is 4. The Morgan fingerprint density at radius 1 is 0.275 bits per heavy atom. The highest BCUT2D eigenvalue weighted by Gasteiger charge is 2.22. The van der Waals surface area contributed by atoms with Crippen LogP contribution in [-0.4, -0.2) is 33.6 Å². The van der Waals surface area contributed by atoms with Gasteiger partial charge in [0.05, 0.1) is 38.8 Å². The molecule has 0 unspecified atom stereocenters. The minimum atomic E-state index is 0.588. The van der Waals surface area contributed by atoms with Gasteiger partial charge in [-0.1, -0.05) is 152 Å². The lowest BCUT2D eigenvalue weighted by atomic mass is 10.0. The maximum Gasteiger partial charge on any atom is 0.164 e. The number of rotatable bonds is 7. The fourth-order valence-electron chi connectivity index (χ4n) is 10.5. The van der Waals surface area contributed by atoms with Crippen LogP contribution in [0.3, 0.4) is 0 Å². The number of nitrogens with zero attached hydrogens (tertiary/aromatic N) is 7. The van der Waals surface area contributed by atoms with Crippen molar-refractivity contribution in [2.75, 3.05) is 0 Å². The summed E-state index contributed by atoms with van der Waals surface area (Å²) in [6, 6.07) is 79.6. The van der Waals surface area contributed by atoms with Gasteiger partial charge >= 0.3 is 0 Å². The number of benzene rings is 9. The van der Waals surface area contributed by atoms with E-state index < -0.39 is 0 Å². The highest BCUT2D eigenvalue weighted by atomic mass is 15.0. The van der Waals surface area contributed by atoms with Gasteiger partial charge in [0.15, 0.2) is 17.5 Å². The van der Waals surface area contributed by atoms with Gasteiger partial charge in [-0.05, 0) is 72.8 Å². The summed E-state index contributed by atoms with van der Waals surface area (Å²) in [6.45, 7) is 0. The lowest BCUT2D eigenvalue weighted by Crippen LogP contribution is -2.02. The molecular formula is C62H39N7. The Morgan fingerprint density at radius 2 is 0.681 bits per heavy atom. The topological polar surface area (TPSA) is 66.3 Å². The van der Waals surface area contributed by atoms with Crippen molar-refractivity contribution in [3.8, 4) is 62.4 Å². The van der Waals surface area contributed by atoms with E-state index in [0.29, 0.717) is 17.5 Å². The monoisotopic (exact) mass is 881 g/mol. The van der Waals surface area contributed by atoms with Crippen molar-refractivity contribution in [2.45, 2.75) is 0 Å². The molecule has 0 saturated heterocycles. The van der Waals surface area contributed by atoms with Gasteiger partial charge in [-0.15, -0.1) is 0 Å². The molecule has 5 aromatic heterocycles. The predicted octanol–water partition coefficient (Wildman–Crippen LogP) is 15.2. The zero-order valence-corrected chi connectivity index (χ0v) is 37.1. The molecule has 0 saturated carbocycles. The summed E-state index contributed by atoms with van der Waals surface area (Å²) >= 11 is 0. The van der Waals surface area contributed by atoms with Gasteiger partial charge in [-0.2, -0.15) is 0 Å². The van der Waals surface area contributed by atoms with Crippen LogP contribution in [0.1, 0.15) is 0 Å². The molecule has 0 atom stereocenters. The molecule has 0 spiro atoms. The lowest BCUT2D eigenvalue weighted by molar-refractivity contribution is 1.07. The van der Waals surface area contributed by atoms with Gasteiger partial charge in [0.25, 0.3) is 0 Å². The SMILES string of the molecule is c1ccc(-c2nc(-c3ccccc3)nc(-c3ccc(-c4cccnc4)c(-n4c5ccc(-n6c7ccccc7c7ccccc76)cc5c5cc(-n6c7ccccc7c7ccccc76)ccc54)c3)n2)cc1. The number of hydrogen-bond donors (Lipinski definition) is 0. The van der Waals surface area contributed by atoms with E-state index in [-0.39, 0.29) is 0 Å². The van der Waals surface area contributed by atoms with Crippen LogP contribution < -0.4 is 0 Å². The molecule has 0 amide bonds. The second-order valence-corrected chi connectivity index (χ2v) is 17.5. The second kappa shape index (κ2) is 15.6. The van der Waals surface area contributed by atoms with E-state index in [9.17, 15) is 0 Å². The molecule has 0 aliphatic carbocycles. The number of aromatic nitrogens is 7. The third-order valence-electron chi connectivity index (χ3n) is 13.6. The Kier molecular flexibility index (Phi) is 8.75. The maximum atomic E-state index is 5.18. The third kappa shape index (κ3) is 6.21. The van der Waals surface area contributed by atoms with E-state index >= 15 is 0 Å². The van der Waals surface area contributed by atoms with Gasteiger partial charge in [0, 0.05) is 83.9 Å². The van der Waals surface area contributed by atoms with Crippen LogP contribution in [0, 0.1) is 0 Å². The van der Waals surface area contributed by atoms with E-state index in [0.717, 1.165) is 66.7 Å². The molecule has 7 nitrogen and oxygen atoms in total. The van der Waals surface area contributed by atoms with Gasteiger partial charge < -0.3 is 13.7 Å². The lowest BCUT2D eigenvalue weighted by Gasteiger charge is -2.17. The molecule has 7 heteroatoms. The Morgan fingerprint density at radius 3 is 1.13 bits per heavy atom. The summed E-state index contributed by atoms with van der Waals surface area (Å²) in [4.78, 5) is 20.0. The van der Waals surface area contributed by atoms with Crippen LogP contribution in [0.4, 0.5) is 0 Å². The largest absolute Gasteiger partial charge is 0.309 e. The predicted molar refractivity (Wildman–Crippen MR) is 282 cm³/mol. The first kappa shape index (κ1) is 38.8. The highest BCUT2D eigenvalue weighted by molar-refractivity contribution is 6.14. The first-order valence-electron chi connectivity index (χ1n) is 23.2. The Labute approximate surface area is 396 Å². The van der Waals surface area contributed by atoms with Crippen LogP contribution in [-0.2, 0) is 0 Å². The summed E-state index contributed by atoms with van der Waals surface area (Å²) in [5.74, 6) is 1.82. The minimum Gasteiger partial charge on any atom is -0.309 e. The van der Waals surface area contributed by atoms with Crippen LogP contribution in [0.2, 0.25) is 0 Å². The smallest absolute Gasteiger partial charge is 0.164 e. The molecule has 14 aromatic rings. The van der Waals surface area contributed by atoms with Gasteiger partial charge in [0.1, 0.15) is 0 Å². The second-order valence-electron chi connectivity index (χ2n) is 17.5. The highest BCUT2D eigenvalue weighted by Crippen LogP contribution is 2.42. The molecule has 14 rings (SSSR count). The molecule has 0 aliphatic heterocycles. The van der Waals surface area contributed by atoms with Crippen LogP contribution in [0.25, 0.3) is 128 Å². The van der Waals surface area contributed by atoms with Crippen molar-refractivity contribution in [3.63, 3.8) is 0 Å². The Hall–Kier alpha value is -9.46. The van der Waals surface area contributed by atoms with E-state index in [4.69, 9.17) is 15.0 Å². The Balaban J connectivity index is 1.06. The summed E-state index contributed by atoms with van der Waals surface area (Å²) in [7, 11) is 0.